The lowest BCUT2D eigenvalue weighted by atomic mass is 10.0. The van der Waals surface area contributed by atoms with Crippen LogP contribution in [0.2, 0.25) is 0 Å². The molecular weight excluding hydrogens is 282 g/mol. The average molecular weight is 305 g/mol. The van der Waals surface area contributed by atoms with Crippen LogP contribution in [0.4, 0.5) is 0 Å². The molecule has 0 radical (unpaired) electrons. The van der Waals surface area contributed by atoms with Gasteiger partial charge in [-0.25, -0.2) is 4.98 Å². The number of aromatic hydroxyl groups is 1. The van der Waals surface area contributed by atoms with E-state index < -0.39 is 0 Å². The molecule has 2 aliphatic rings. The van der Waals surface area contributed by atoms with Crippen molar-refractivity contribution < 1.29 is 14.6 Å². The number of carbonyl (C=O) groups is 1. The third-order valence-electron chi connectivity index (χ3n) is 4.41. The molecule has 0 spiro atoms. The maximum absolute atomic E-state index is 12.1. The molecule has 0 aliphatic carbocycles. The second kappa shape index (κ2) is 7.07. The summed E-state index contributed by atoms with van der Waals surface area (Å²) in [5.74, 6) is -0.369. The van der Waals surface area contributed by atoms with Crippen molar-refractivity contribution in [3.8, 4) is 5.75 Å². The molecule has 3 rings (SSSR count). The summed E-state index contributed by atoms with van der Waals surface area (Å²) in [5, 5.41) is 12.6. The minimum atomic E-state index is -0.296. The fourth-order valence-electron chi connectivity index (χ4n) is 3.16. The number of aromatic nitrogens is 1. The first-order chi connectivity index (χ1) is 10.7. The van der Waals surface area contributed by atoms with Gasteiger partial charge in [-0.1, -0.05) is 0 Å². The highest BCUT2D eigenvalue weighted by Crippen LogP contribution is 2.18. The number of rotatable bonds is 4. The van der Waals surface area contributed by atoms with E-state index in [1.54, 1.807) is 6.07 Å². The normalized spacial score (nSPS) is 23.5. The zero-order valence-electron chi connectivity index (χ0n) is 12.7. The van der Waals surface area contributed by atoms with Gasteiger partial charge in [-0.3, -0.25) is 4.79 Å². The van der Waals surface area contributed by atoms with E-state index in [0.29, 0.717) is 6.10 Å². The van der Waals surface area contributed by atoms with Crippen molar-refractivity contribution in [3.05, 3.63) is 24.0 Å². The van der Waals surface area contributed by atoms with Crippen LogP contribution in [0.25, 0.3) is 0 Å². The molecule has 0 bridgehead atoms. The van der Waals surface area contributed by atoms with Crippen LogP contribution in [0.5, 0.6) is 5.75 Å². The molecule has 1 atom stereocenters. The van der Waals surface area contributed by atoms with Crippen LogP contribution in [-0.2, 0) is 4.74 Å². The van der Waals surface area contributed by atoms with Crippen molar-refractivity contribution in [2.45, 2.75) is 37.8 Å². The monoisotopic (exact) mass is 305 g/mol. The highest BCUT2D eigenvalue weighted by molar-refractivity contribution is 5.94. The molecule has 0 saturated carbocycles. The summed E-state index contributed by atoms with van der Waals surface area (Å²) >= 11 is 0. The van der Waals surface area contributed by atoms with E-state index in [9.17, 15) is 9.90 Å². The molecule has 0 aromatic carbocycles. The van der Waals surface area contributed by atoms with Crippen LogP contribution in [0, 0.1) is 0 Å². The van der Waals surface area contributed by atoms with Gasteiger partial charge in [0.25, 0.3) is 5.91 Å². The Labute approximate surface area is 130 Å². The highest BCUT2D eigenvalue weighted by atomic mass is 16.5. The molecule has 1 amide bonds. The largest absolute Gasteiger partial charge is 0.505 e. The summed E-state index contributed by atoms with van der Waals surface area (Å²) in [6.07, 6.45) is 6.08. The molecule has 6 nitrogen and oxygen atoms in total. The van der Waals surface area contributed by atoms with Crippen molar-refractivity contribution in [2.75, 3.05) is 26.2 Å². The number of likely N-dealkylation sites (tertiary alicyclic amines) is 1. The first-order valence-corrected chi connectivity index (χ1v) is 8.01. The molecule has 2 N–H and O–H groups in total. The fraction of sp³-hybridized carbons (Fsp3) is 0.625. The molecule has 2 fully saturated rings. The van der Waals surface area contributed by atoms with Crippen LogP contribution < -0.4 is 5.32 Å². The highest BCUT2D eigenvalue weighted by Gasteiger charge is 2.25. The number of nitrogens with one attached hydrogen (secondary N) is 1. The average Bonchev–Trinajstić information content (AvgIpc) is 3.02. The number of ether oxygens (including phenoxy) is 1. The molecule has 22 heavy (non-hydrogen) atoms. The van der Waals surface area contributed by atoms with E-state index in [4.69, 9.17) is 4.74 Å². The molecule has 1 aromatic heterocycles. The lowest BCUT2D eigenvalue weighted by molar-refractivity contribution is 0.0612. The molecule has 120 valence electrons. The van der Waals surface area contributed by atoms with Crippen LogP contribution in [0.3, 0.4) is 0 Å². The van der Waals surface area contributed by atoms with E-state index in [-0.39, 0.29) is 23.4 Å². The molecule has 3 heterocycles. The van der Waals surface area contributed by atoms with Crippen molar-refractivity contribution in [1.82, 2.24) is 15.2 Å². The van der Waals surface area contributed by atoms with Gasteiger partial charge >= 0.3 is 0 Å². The molecule has 0 unspecified atom stereocenters. The van der Waals surface area contributed by atoms with Gasteiger partial charge < -0.3 is 20.1 Å². The summed E-state index contributed by atoms with van der Waals surface area (Å²) < 4.78 is 5.67. The van der Waals surface area contributed by atoms with Crippen molar-refractivity contribution in [2.24, 2.45) is 0 Å². The number of amides is 1. The van der Waals surface area contributed by atoms with E-state index in [1.807, 2.05) is 0 Å². The Bertz CT molecular complexity index is 509. The van der Waals surface area contributed by atoms with Crippen LogP contribution >= 0.6 is 0 Å². The standard InChI is InChI=1S/C16H23N3O3/c20-14-4-1-7-17-15(14)16(21)18-12-5-8-19(9-6-12)11-13-3-2-10-22-13/h1,4,7,12-13,20H,2-3,5-6,8-11H2,(H,18,21)/t13-/m1/s1. The Kier molecular flexibility index (Phi) is 4.90. The third kappa shape index (κ3) is 3.75. The third-order valence-corrected chi connectivity index (χ3v) is 4.41. The Morgan fingerprint density at radius 3 is 2.91 bits per heavy atom. The Hall–Kier alpha value is -1.66. The van der Waals surface area contributed by atoms with E-state index in [2.05, 4.69) is 15.2 Å². The number of piperidine rings is 1. The minimum absolute atomic E-state index is 0.0733. The first kappa shape index (κ1) is 15.2. The molecule has 6 heteroatoms. The van der Waals surface area contributed by atoms with Gasteiger partial charge in [0.1, 0.15) is 5.75 Å². The molecular formula is C16H23N3O3. The summed E-state index contributed by atoms with van der Waals surface area (Å²) in [6.45, 7) is 3.84. The van der Waals surface area contributed by atoms with Gasteiger partial charge in [0.15, 0.2) is 5.69 Å². The number of hydrogen-bond acceptors (Lipinski definition) is 5. The zero-order valence-corrected chi connectivity index (χ0v) is 12.7. The Morgan fingerprint density at radius 1 is 1.41 bits per heavy atom. The van der Waals surface area contributed by atoms with Gasteiger partial charge in [0.05, 0.1) is 6.10 Å². The summed E-state index contributed by atoms with van der Waals surface area (Å²) in [7, 11) is 0. The Balaban J connectivity index is 1.45. The smallest absolute Gasteiger partial charge is 0.273 e. The van der Waals surface area contributed by atoms with Gasteiger partial charge in [-0.15, -0.1) is 0 Å². The summed E-state index contributed by atoms with van der Waals surface area (Å²) in [4.78, 5) is 18.5. The lowest BCUT2D eigenvalue weighted by Crippen LogP contribution is -2.46. The second-order valence-corrected chi connectivity index (χ2v) is 6.05. The second-order valence-electron chi connectivity index (χ2n) is 6.05. The van der Waals surface area contributed by atoms with E-state index in [1.165, 1.54) is 18.7 Å². The molecule has 2 saturated heterocycles. The maximum atomic E-state index is 12.1. The van der Waals surface area contributed by atoms with E-state index >= 15 is 0 Å². The minimum Gasteiger partial charge on any atom is -0.505 e. The lowest BCUT2D eigenvalue weighted by Gasteiger charge is -2.33. The van der Waals surface area contributed by atoms with Gasteiger partial charge in [0.2, 0.25) is 0 Å². The quantitative estimate of drug-likeness (QED) is 0.873. The number of nitrogens with zero attached hydrogens (tertiary/aromatic N) is 2. The number of carbonyl (C=O) groups excluding carboxylic acids is 1. The van der Waals surface area contributed by atoms with Crippen LogP contribution in [0.1, 0.15) is 36.2 Å². The van der Waals surface area contributed by atoms with Crippen molar-refractivity contribution in [1.29, 1.82) is 0 Å². The van der Waals surface area contributed by atoms with Crippen LogP contribution in [-0.4, -0.2) is 59.3 Å². The van der Waals surface area contributed by atoms with Gasteiger partial charge in [-0.05, 0) is 37.8 Å². The summed E-state index contributed by atoms with van der Waals surface area (Å²) in [6, 6.07) is 3.23. The first-order valence-electron chi connectivity index (χ1n) is 8.01. The number of hydrogen-bond donors (Lipinski definition) is 2. The number of pyridine rings is 1. The van der Waals surface area contributed by atoms with Gasteiger partial charge in [0, 0.05) is 38.5 Å². The van der Waals surface area contributed by atoms with E-state index in [0.717, 1.165) is 45.5 Å². The van der Waals surface area contributed by atoms with Crippen molar-refractivity contribution in [3.63, 3.8) is 0 Å². The maximum Gasteiger partial charge on any atom is 0.273 e. The topological polar surface area (TPSA) is 74.7 Å². The SMILES string of the molecule is O=C(NC1CCN(C[C@H]2CCCO2)CC1)c1ncccc1O. The van der Waals surface area contributed by atoms with Gasteiger partial charge in [-0.2, -0.15) is 0 Å². The predicted octanol–water partition coefficient (Wildman–Crippen LogP) is 1.16. The zero-order chi connectivity index (χ0) is 15.4. The van der Waals surface area contributed by atoms with Crippen molar-refractivity contribution >= 4 is 5.91 Å². The molecule has 1 aromatic rings. The molecule has 2 aliphatic heterocycles. The van der Waals surface area contributed by atoms with Crippen LogP contribution in [0.15, 0.2) is 18.3 Å². The Morgan fingerprint density at radius 2 is 2.23 bits per heavy atom. The fourth-order valence-corrected chi connectivity index (χ4v) is 3.16. The predicted molar refractivity (Wildman–Crippen MR) is 81.8 cm³/mol. The summed E-state index contributed by atoms with van der Waals surface area (Å²) in [5.41, 5.74) is 0.101.